The van der Waals surface area contributed by atoms with Crippen LogP contribution in [-0.4, -0.2) is 9.97 Å². The number of benzene rings is 2. The van der Waals surface area contributed by atoms with Gasteiger partial charge >= 0.3 is 0 Å². The highest BCUT2D eigenvalue weighted by atomic mass is 14.7. The lowest BCUT2D eigenvalue weighted by Gasteiger charge is -2.18. The monoisotopic (exact) mass is 354 g/mol. The van der Waals surface area contributed by atoms with Gasteiger partial charge in [-0.15, -0.1) is 0 Å². The van der Waals surface area contributed by atoms with Crippen molar-refractivity contribution in [2.24, 2.45) is 5.41 Å². The van der Waals surface area contributed by atoms with E-state index in [-0.39, 0.29) is 5.41 Å². The van der Waals surface area contributed by atoms with Crippen LogP contribution in [0.1, 0.15) is 37.6 Å². The maximum absolute atomic E-state index is 4.95. The molecule has 27 heavy (non-hydrogen) atoms. The van der Waals surface area contributed by atoms with Crippen molar-refractivity contribution in [2.45, 2.75) is 41.0 Å². The second-order valence-electron chi connectivity index (χ2n) is 8.81. The van der Waals surface area contributed by atoms with Gasteiger partial charge in [0, 0.05) is 28.2 Å². The minimum Gasteiger partial charge on any atom is -0.256 e. The topological polar surface area (TPSA) is 25.8 Å². The molecule has 0 N–H and O–H groups in total. The van der Waals surface area contributed by atoms with Gasteiger partial charge < -0.3 is 0 Å². The van der Waals surface area contributed by atoms with E-state index in [0.29, 0.717) is 0 Å². The molecular weight excluding hydrogens is 328 g/mol. The van der Waals surface area contributed by atoms with Crippen LogP contribution in [0.3, 0.4) is 0 Å². The normalized spacial score (nSPS) is 12.0. The van der Waals surface area contributed by atoms with Crippen molar-refractivity contribution >= 4 is 21.7 Å². The molecule has 4 aromatic rings. The molecule has 2 aromatic carbocycles. The Hall–Kier alpha value is -2.74. The predicted octanol–water partition coefficient (Wildman–Crippen LogP) is 6.66. The van der Waals surface area contributed by atoms with E-state index in [1.165, 1.54) is 32.8 Å². The van der Waals surface area contributed by atoms with Gasteiger partial charge in [-0.2, -0.15) is 0 Å². The summed E-state index contributed by atoms with van der Waals surface area (Å²) in [5.41, 5.74) is 7.14. The van der Waals surface area contributed by atoms with Crippen LogP contribution >= 0.6 is 0 Å². The fourth-order valence-corrected chi connectivity index (χ4v) is 3.90. The Balaban J connectivity index is 1.98. The molecule has 0 radical (unpaired) electrons. The Labute approximate surface area is 161 Å². The summed E-state index contributed by atoms with van der Waals surface area (Å²) in [5.74, 6) is 0. The first kappa shape index (κ1) is 17.7. The second kappa shape index (κ2) is 6.45. The first-order valence-corrected chi connectivity index (χ1v) is 9.56. The van der Waals surface area contributed by atoms with Crippen LogP contribution in [-0.2, 0) is 6.42 Å². The van der Waals surface area contributed by atoms with Crippen molar-refractivity contribution in [1.29, 1.82) is 0 Å². The van der Waals surface area contributed by atoms with Crippen molar-refractivity contribution in [2.75, 3.05) is 0 Å². The number of pyridine rings is 2. The lowest BCUT2D eigenvalue weighted by molar-refractivity contribution is 0.407. The Morgan fingerprint density at radius 3 is 2.30 bits per heavy atom. The van der Waals surface area contributed by atoms with Crippen molar-refractivity contribution in [3.63, 3.8) is 0 Å². The van der Waals surface area contributed by atoms with Crippen LogP contribution in [0.5, 0.6) is 0 Å². The van der Waals surface area contributed by atoms with Gasteiger partial charge in [-0.3, -0.25) is 9.97 Å². The van der Waals surface area contributed by atoms with E-state index >= 15 is 0 Å². The third-order valence-electron chi connectivity index (χ3n) is 4.86. The molecule has 0 unspecified atom stereocenters. The van der Waals surface area contributed by atoms with E-state index in [4.69, 9.17) is 9.97 Å². The molecule has 2 nitrogen and oxygen atoms in total. The van der Waals surface area contributed by atoms with Crippen LogP contribution in [0.4, 0.5) is 0 Å². The molecule has 0 saturated heterocycles. The number of aromatic nitrogens is 2. The molecule has 2 heterocycles. The van der Waals surface area contributed by atoms with Crippen LogP contribution in [0.25, 0.3) is 32.9 Å². The zero-order valence-corrected chi connectivity index (χ0v) is 16.8. The number of rotatable bonds is 2. The van der Waals surface area contributed by atoms with Crippen molar-refractivity contribution < 1.29 is 0 Å². The fourth-order valence-electron chi connectivity index (χ4n) is 3.90. The van der Waals surface area contributed by atoms with Gasteiger partial charge in [0.05, 0.1) is 11.2 Å². The Morgan fingerprint density at radius 1 is 0.852 bits per heavy atom. The molecule has 136 valence electrons. The molecule has 0 spiro atoms. The summed E-state index contributed by atoms with van der Waals surface area (Å²) in [5, 5.41) is 3.57. The van der Waals surface area contributed by atoms with Crippen LogP contribution in [0.15, 0.2) is 54.7 Å². The molecule has 2 heteroatoms. The van der Waals surface area contributed by atoms with E-state index < -0.39 is 0 Å². The molecule has 0 aliphatic heterocycles. The number of hydrogen-bond donors (Lipinski definition) is 0. The summed E-state index contributed by atoms with van der Waals surface area (Å²) in [6.07, 6.45) is 2.88. The van der Waals surface area contributed by atoms with Gasteiger partial charge in [-0.25, -0.2) is 0 Å². The van der Waals surface area contributed by atoms with Gasteiger partial charge in [-0.05, 0) is 61.4 Å². The van der Waals surface area contributed by atoms with Gasteiger partial charge in [0.25, 0.3) is 0 Å². The summed E-state index contributed by atoms with van der Waals surface area (Å²) >= 11 is 0. The average molecular weight is 354 g/mol. The lowest BCUT2D eigenvalue weighted by atomic mass is 9.90. The molecule has 2 aromatic heterocycles. The highest BCUT2D eigenvalue weighted by molar-refractivity contribution is 6.12. The third-order valence-corrected chi connectivity index (χ3v) is 4.86. The van der Waals surface area contributed by atoms with Crippen LogP contribution in [0, 0.1) is 19.3 Å². The lowest BCUT2D eigenvalue weighted by Crippen LogP contribution is -2.10. The Bertz CT molecular complexity index is 1130. The molecule has 0 saturated carbocycles. The summed E-state index contributed by atoms with van der Waals surface area (Å²) in [7, 11) is 0. The molecule has 0 fully saturated rings. The van der Waals surface area contributed by atoms with E-state index in [0.717, 1.165) is 23.3 Å². The van der Waals surface area contributed by atoms with Crippen LogP contribution in [0.2, 0.25) is 0 Å². The van der Waals surface area contributed by atoms with Gasteiger partial charge in [0.2, 0.25) is 0 Å². The van der Waals surface area contributed by atoms with Gasteiger partial charge in [0.15, 0.2) is 0 Å². The average Bonchev–Trinajstić information content (AvgIpc) is 2.58. The molecule has 0 amide bonds. The molecule has 0 atom stereocenters. The van der Waals surface area contributed by atoms with E-state index in [1.807, 2.05) is 6.20 Å². The Morgan fingerprint density at radius 2 is 1.59 bits per heavy atom. The zero-order valence-electron chi connectivity index (χ0n) is 16.8. The standard InChI is InChI=1S/C25H26N2/c1-16-12-17(2)14-19(13-16)24-23-18(10-11-26-24)6-9-22-21(23)8-7-20(27-22)15-25(3,4)5/h6-14H,15H2,1-5H3. The minimum absolute atomic E-state index is 0.226. The number of nitrogens with zero attached hydrogens (tertiary/aromatic N) is 2. The summed E-state index contributed by atoms with van der Waals surface area (Å²) in [6.45, 7) is 11.0. The molecular formula is C25H26N2. The molecule has 0 aliphatic rings. The predicted molar refractivity (Wildman–Crippen MR) is 115 cm³/mol. The highest BCUT2D eigenvalue weighted by Crippen LogP contribution is 2.33. The first-order chi connectivity index (χ1) is 12.8. The summed E-state index contributed by atoms with van der Waals surface area (Å²) in [6, 6.07) is 17.4. The maximum atomic E-state index is 4.95. The zero-order chi connectivity index (χ0) is 19.2. The van der Waals surface area contributed by atoms with Crippen molar-refractivity contribution in [1.82, 2.24) is 9.97 Å². The maximum Gasteiger partial charge on any atom is 0.0787 e. The quantitative estimate of drug-likeness (QED) is 0.376. The van der Waals surface area contributed by atoms with Gasteiger partial charge in [-0.1, -0.05) is 50.1 Å². The summed E-state index contributed by atoms with van der Waals surface area (Å²) < 4.78 is 0. The van der Waals surface area contributed by atoms with Crippen LogP contribution < -0.4 is 0 Å². The van der Waals surface area contributed by atoms with Gasteiger partial charge in [0.1, 0.15) is 0 Å². The van der Waals surface area contributed by atoms with Crippen molar-refractivity contribution in [3.8, 4) is 11.3 Å². The molecule has 0 bridgehead atoms. The second-order valence-corrected chi connectivity index (χ2v) is 8.81. The highest BCUT2D eigenvalue weighted by Gasteiger charge is 2.14. The molecule has 0 aliphatic carbocycles. The Kier molecular flexibility index (Phi) is 4.22. The largest absolute Gasteiger partial charge is 0.256 e. The number of aryl methyl sites for hydroxylation is 2. The van der Waals surface area contributed by atoms with Crippen molar-refractivity contribution in [3.05, 3.63) is 71.5 Å². The summed E-state index contributed by atoms with van der Waals surface area (Å²) in [4.78, 5) is 9.72. The number of fused-ring (bicyclic) bond motifs is 3. The fraction of sp³-hybridized carbons (Fsp3) is 0.280. The minimum atomic E-state index is 0.226. The first-order valence-electron chi connectivity index (χ1n) is 9.56. The van der Waals surface area contributed by atoms with E-state index in [2.05, 4.69) is 83.1 Å². The number of hydrogen-bond acceptors (Lipinski definition) is 2. The van der Waals surface area contributed by atoms with E-state index in [9.17, 15) is 0 Å². The van der Waals surface area contributed by atoms with E-state index in [1.54, 1.807) is 0 Å². The molecule has 4 rings (SSSR count). The third kappa shape index (κ3) is 3.57. The smallest absolute Gasteiger partial charge is 0.0787 e. The SMILES string of the molecule is Cc1cc(C)cc(-c2nccc3ccc4nc(CC(C)(C)C)ccc4c23)c1.